The first-order valence-electron chi connectivity index (χ1n) is 3.79. The number of hydrogen-bond acceptors (Lipinski definition) is 1. The van der Waals surface area contributed by atoms with E-state index < -0.39 is 0 Å². The Labute approximate surface area is 67.8 Å². The largest absolute Gasteiger partial charge is 0.261 e. The zero-order chi connectivity index (χ0) is 8.27. The van der Waals surface area contributed by atoms with Crippen LogP contribution < -0.4 is 0 Å². The van der Waals surface area contributed by atoms with Crippen LogP contribution in [-0.2, 0) is 0 Å². The standard InChI is InChI=1S/C10H13N/c1-4-10-6-8(2)5-9(3)7-11-10/h4-7,9H,1H2,2-3H3. The van der Waals surface area contributed by atoms with Crippen LogP contribution in [-0.4, -0.2) is 6.21 Å². The summed E-state index contributed by atoms with van der Waals surface area (Å²) in [6.07, 6.45) is 7.92. The van der Waals surface area contributed by atoms with E-state index in [4.69, 9.17) is 0 Å². The second-order valence-corrected chi connectivity index (χ2v) is 2.82. The van der Waals surface area contributed by atoms with Gasteiger partial charge in [-0.3, -0.25) is 4.99 Å². The van der Waals surface area contributed by atoms with Crippen molar-refractivity contribution in [1.29, 1.82) is 0 Å². The van der Waals surface area contributed by atoms with Gasteiger partial charge < -0.3 is 0 Å². The maximum atomic E-state index is 4.24. The highest BCUT2D eigenvalue weighted by atomic mass is 14.7. The van der Waals surface area contributed by atoms with Crippen LogP contribution in [0.25, 0.3) is 0 Å². The molecule has 0 amide bonds. The topological polar surface area (TPSA) is 12.4 Å². The van der Waals surface area contributed by atoms with Gasteiger partial charge in [-0.15, -0.1) is 0 Å². The predicted molar refractivity (Wildman–Crippen MR) is 49.7 cm³/mol. The first-order chi connectivity index (χ1) is 5.22. The molecule has 1 nitrogen and oxygen atoms in total. The summed E-state index contributed by atoms with van der Waals surface area (Å²) in [6.45, 7) is 7.87. The lowest BCUT2D eigenvalue weighted by Gasteiger charge is -1.93. The molecule has 1 aliphatic heterocycles. The van der Waals surface area contributed by atoms with Gasteiger partial charge in [0.05, 0.1) is 5.70 Å². The van der Waals surface area contributed by atoms with E-state index in [9.17, 15) is 0 Å². The Morgan fingerprint density at radius 1 is 1.64 bits per heavy atom. The Bertz CT molecular complexity index is 244. The lowest BCUT2D eigenvalue weighted by atomic mass is 10.1. The van der Waals surface area contributed by atoms with Crippen LogP contribution in [0.5, 0.6) is 0 Å². The van der Waals surface area contributed by atoms with Crippen LogP contribution in [0.1, 0.15) is 13.8 Å². The van der Waals surface area contributed by atoms with E-state index in [1.54, 1.807) is 6.08 Å². The quantitative estimate of drug-likeness (QED) is 0.540. The molecule has 1 heterocycles. The molecule has 0 aromatic carbocycles. The number of hydrogen-bond donors (Lipinski definition) is 0. The van der Waals surface area contributed by atoms with E-state index in [1.165, 1.54) is 5.57 Å². The van der Waals surface area contributed by atoms with Crippen LogP contribution in [0.4, 0.5) is 0 Å². The smallest absolute Gasteiger partial charge is 0.0622 e. The molecule has 0 aromatic heterocycles. The van der Waals surface area contributed by atoms with E-state index in [0.29, 0.717) is 5.92 Å². The minimum absolute atomic E-state index is 0.434. The Hall–Kier alpha value is -1.11. The average molecular weight is 147 g/mol. The number of allylic oxidation sites excluding steroid dienone is 4. The number of nitrogens with zero attached hydrogens (tertiary/aromatic N) is 1. The second-order valence-electron chi connectivity index (χ2n) is 2.82. The van der Waals surface area contributed by atoms with Crippen LogP contribution in [0.15, 0.2) is 41.1 Å². The van der Waals surface area contributed by atoms with Crippen LogP contribution in [0.3, 0.4) is 0 Å². The van der Waals surface area contributed by atoms with Crippen molar-refractivity contribution in [3.8, 4) is 0 Å². The lowest BCUT2D eigenvalue weighted by Crippen LogP contribution is -1.88. The predicted octanol–water partition coefficient (Wildman–Crippen LogP) is 2.72. The molecule has 58 valence electrons. The SMILES string of the molecule is C=CC1=CC(C)=CC(C)C=N1. The molecule has 0 saturated carbocycles. The summed E-state index contributed by atoms with van der Waals surface area (Å²) in [4.78, 5) is 4.24. The van der Waals surface area contributed by atoms with Gasteiger partial charge in [0.15, 0.2) is 0 Å². The third-order valence-electron chi connectivity index (χ3n) is 1.57. The van der Waals surface area contributed by atoms with Crippen molar-refractivity contribution in [1.82, 2.24) is 0 Å². The molecule has 0 spiro atoms. The van der Waals surface area contributed by atoms with Gasteiger partial charge in [-0.1, -0.05) is 25.2 Å². The van der Waals surface area contributed by atoms with E-state index in [1.807, 2.05) is 12.3 Å². The highest BCUT2D eigenvalue weighted by Crippen LogP contribution is 2.11. The van der Waals surface area contributed by atoms with E-state index in [-0.39, 0.29) is 0 Å². The van der Waals surface area contributed by atoms with Crippen LogP contribution in [0.2, 0.25) is 0 Å². The van der Waals surface area contributed by atoms with Gasteiger partial charge in [0, 0.05) is 12.1 Å². The molecule has 0 N–H and O–H groups in total. The molecule has 0 radical (unpaired) electrons. The molecule has 1 atom stereocenters. The van der Waals surface area contributed by atoms with E-state index >= 15 is 0 Å². The fourth-order valence-electron chi connectivity index (χ4n) is 1.09. The zero-order valence-corrected chi connectivity index (χ0v) is 7.04. The normalized spacial score (nSPS) is 23.6. The summed E-state index contributed by atoms with van der Waals surface area (Å²) >= 11 is 0. The Morgan fingerprint density at radius 3 is 3.00 bits per heavy atom. The van der Waals surface area contributed by atoms with Crippen molar-refractivity contribution < 1.29 is 0 Å². The van der Waals surface area contributed by atoms with Crippen molar-refractivity contribution in [3.05, 3.63) is 36.1 Å². The number of aliphatic imine (C=N–C) groups is 1. The summed E-state index contributed by atoms with van der Waals surface area (Å²) in [6, 6.07) is 0. The third kappa shape index (κ3) is 2.19. The molecular weight excluding hydrogens is 134 g/mol. The summed E-state index contributed by atoms with van der Waals surface area (Å²) in [5, 5.41) is 0. The molecule has 0 aromatic rings. The minimum Gasteiger partial charge on any atom is -0.261 e. The van der Waals surface area contributed by atoms with Crippen molar-refractivity contribution in [3.63, 3.8) is 0 Å². The fourth-order valence-corrected chi connectivity index (χ4v) is 1.09. The highest BCUT2D eigenvalue weighted by molar-refractivity contribution is 5.66. The molecule has 0 saturated heterocycles. The Balaban J connectivity index is 2.94. The monoisotopic (exact) mass is 147 g/mol. The van der Waals surface area contributed by atoms with Gasteiger partial charge in [-0.2, -0.15) is 0 Å². The average Bonchev–Trinajstić information content (AvgIpc) is 2.11. The summed E-state index contributed by atoms with van der Waals surface area (Å²) in [7, 11) is 0. The zero-order valence-electron chi connectivity index (χ0n) is 7.04. The molecule has 0 aliphatic carbocycles. The van der Waals surface area contributed by atoms with Gasteiger partial charge in [0.25, 0.3) is 0 Å². The number of rotatable bonds is 1. The van der Waals surface area contributed by atoms with Crippen LogP contribution >= 0.6 is 0 Å². The minimum atomic E-state index is 0.434. The first kappa shape index (κ1) is 7.99. The van der Waals surface area contributed by atoms with Crippen molar-refractivity contribution in [2.75, 3.05) is 0 Å². The Morgan fingerprint density at radius 2 is 2.36 bits per heavy atom. The van der Waals surface area contributed by atoms with Gasteiger partial charge in [0.1, 0.15) is 0 Å². The van der Waals surface area contributed by atoms with Gasteiger partial charge in [0.2, 0.25) is 0 Å². The molecule has 0 bridgehead atoms. The van der Waals surface area contributed by atoms with Crippen molar-refractivity contribution in [2.45, 2.75) is 13.8 Å². The van der Waals surface area contributed by atoms with Gasteiger partial charge in [-0.05, 0) is 19.1 Å². The highest BCUT2D eigenvalue weighted by Gasteiger charge is 1.98. The molecule has 0 fully saturated rings. The summed E-state index contributed by atoms with van der Waals surface area (Å²) in [5.74, 6) is 0.434. The maximum Gasteiger partial charge on any atom is 0.0622 e. The fraction of sp³-hybridized carbons (Fsp3) is 0.300. The van der Waals surface area contributed by atoms with Crippen molar-refractivity contribution >= 4 is 6.21 Å². The summed E-state index contributed by atoms with van der Waals surface area (Å²) in [5.41, 5.74) is 2.20. The molecule has 11 heavy (non-hydrogen) atoms. The Kier molecular flexibility index (Phi) is 2.42. The molecule has 1 aliphatic rings. The second kappa shape index (κ2) is 3.33. The van der Waals surface area contributed by atoms with E-state index in [0.717, 1.165) is 5.70 Å². The molecule has 1 heteroatoms. The van der Waals surface area contributed by atoms with Gasteiger partial charge in [-0.25, -0.2) is 0 Å². The van der Waals surface area contributed by atoms with Gasteiger partial charge >= 0.3 is 0 Å². The first-order valence-corrected chi connectivity index (χ1v) is 3.79. The molecule has 1 rings (SSSR count). The molecule has 1 unspecified atom stereocenters. The van der Waals surface area contributed by atoms with Crippen molar-refractivity contribution in [2.24, 2.45) is 10.9 Å². The van der Waals surface area contributed by atoms with E-state index in [2.05, 4.69) is 31.5 Å². The summed E-state index contributed by atoms with van der Waals surface area (Å²) < 4.78 is 0. The third-order valence-corrected chi connectivity index (χ3v) is 1.57. The maximum absolute atomic E-state index is 4.24. The van der Waals surface area contributed by atoms with Crippen LogP contribution in [0, 0.1) is 5.92 Å². The molecular formula is C10H13N. The lowest BCUT2D eigenvalue weighted by molar-refractivity contribution is 1.02.